The van der Waals surface area contributed by atoms with Gasteiger partial charge in [0.2, 0.25) is 0 Å². The summed E-state index contributed by atoms with van der Waals surface area (Å²) in [5.41, 5.74) is 2.94. The van der Waals surface area contributed by atoms with E-state index in [1.165, 1.54) is 4.68 Å². The Morgan fingerprint density at radius 2 is 1.86 bits per heavy atom. The number of nitrogens with zero attached hydrogens (tertiary/aromatic N) is 4. The second-order valence-electron chi connectivity index (χ2n) is 7.01. The molecule has 4 aromatic rings. The van der Waals surface area contributed by atoms with E-state index in [1.807, 2.05) is 36.4 Å². The summed E-state index contributed by atoms with van der Waals surface area (Å²) in [6.07, 6.45) is 3.92. The van der Waals surface area contributed by atoms with Crippen molar-refractivity contribution in [3.8, 4) is 5.69 Å². The lowest BCUT2D eigenvalue weighted by Crippen LogP contribution is -2.26. The van der Waals surface area contributed by atoms with Gasteiger partial charge in [-0.05, 0) is 42.7 Å². The topological polar surface area (TPSA) is 52.7 Å². The molecule has 5 nitrogen and oxygen atoms in total. The maximum Gasteiger partial charge on any atom is 0.293 e. The first-order valence-electron chi connectivity index (χ1n) is 9.10. The van der Waals surface area contributed by atoms with Crippen molar-refractivity contribution in [1.29, 1.82) is 0 Å². The van der Waals surface area contributed by atoms with E-state index in [-0.39, 0.29) is 12.1 Å². The van der Waals surface area contributed by atoms with Crippen LogP contribution in [0.2, 0.25) is 10.0 Å². The lowest BCUT2D eigenvalue weighted by atomic mass is 10.2. The minimum absolute atomic E-state index is 0.188. The first-order chi connectivity index (χ1) is 13.6. The summed E-state index contributed by atoms with van der Waals surface area (Å²) in [6, 6.07) is 14.9. The van der Waals surface area contributed by atoms with Gasteiger partial charge in [0.15, 0.2) is 0 Å². The molecule has 1 aliphatic carbocycles. The molecule has 1 fully saturated rings. The van der Waals surface area contributed by atoms with Gasteiger partial charge < -0.3 is 0 Å². The highest BCUT2D eigenvalue weighted by Crippen LogP contribution is 2.41. The van der Waals surface area contributed by atoms with E-state index in [1.54, 1.807) is 23.0 Å². The molecule has 0 radical (unpaired) electrons. The van der Waals surface area contributed by atoms with Crippen LogP contribution in [-0.4, -0.2) is 19.6 Å². The summed E-state index contributed by atoms with van der Waals surface area (Å²) in [5, 5.41) is 11.1. The molecule has 0 amide bonds. The zero-order valence-electron chi connectivity index (χ0n) is 14.8. The molecular weight excluding hydrogens is 395 g/mol. The lowest BCUT2D eigenvalue weighted by Gasteiger charge is -2.11. The maximum absolute atomic E-state index is 13.3. The van der Waals surface area contributed by atoms with E-state index in [9.17, 15) is 4.79 Å². The van der Waals surface area contributed by atoms with Crippen LogP contribution in [0.4, 0.5) is 0 Å². The zero-order chi connectivity index (χ0) is 19.3. The van der Waals surface area contributed by atoms with Crippen LogP contribution in [0.5, 0.6) is 0 Å². The molecular formula is C21H16Cl2N4O. The fraction of sp³-hybridized carbons (Fsp3) is 0.190. The summed E-state index contributed by atoms with van der Waals surface area (Å²) in [4.78, 5) is 13.3. The Kier molecular flexibility index (Phi) is 4.22. The standard InChI is InChI=1S/C21H16Cl2N4O/c22-15-9-8-14(18(23)10-15)12-26-21(28)20-17(19(25-26)13-6-7-13)11-24-27(20)16-4-2-1-3-5-16/h1-5,8-11,13H,6-7,12H2. The molecule has 0 unspecified atom stereocenters. The zero-order valence-corrected chi connectivity index (χ0v) is 16.4. The van der Waals surface area contributed by atoms with Gasteiger partial charge in [-0.15, -0.1) is 0 Å². The predicted octanol–water partition coefficient (Wildman–Crippen LogP) is 4.81. The van der Waals surface area contributed by atoms with Crippen molar-refractivity contribution < 1.29 is 0 Å². The molecule has 0 saturated heterocycles. The van der Waals surface area contributed by atoms with Crippen molar-refractivity contribution in [1.82, 2.24) is 19.6 Å². The number of para-hydroxylation sites is 1. The van der Waals surface area contributed by atoms with E-state index >= 15 is 0 Å². The molecule has 0 N–H and O–H groups in total. The molecule has 0 aliphatic heterocycles. The van der Waals surface area contributed by atoms with Crippen molar-refractivity contribution in [3.05, 3.63) is 86.4 Å². The number of hydrogen-bond acceptors (Lipinski definition) is 3. The number of benzene rings is 2. The summed E-state index contributed by atoms with van der Waals surface area (Å²) < 4.78 is 3.19. The fourth-order valence-corrected chi connectivity index (χ4v) is 3.90. The summed E-state index contributed by atoms with van der Waals surface area (Å²) in [6.45, 7) is 0.282. The minimum Gasteiger partial charge on any atom is -0.265 e. The van der Waals surface area contributed by atoms with E-state index in [0.717, 1.165) is 35.2 Å². The molecule has 2 aromatic heterocycles. The van der Waals surface area contributed by atoms with Crippen LogP contribution in [0, 0.1) is 0 Å². The van der Waals surface area contributed by atoms with Gasteiger partial charge in [-0.3, -0.25) is 4.79 Å². The summed E-state index contributed by atoms with van der Waals surface area (Å²) in [5.74, 6) is 0.378. The van der Waals surface area contributed by atoms with Gasteiger partial charge in [0.05, 0.1) is 24.1 Å². The van der Waals surface area contributed by atoms with Crippen LogP contribution >= 0.6 is 23.2 Å². The number of rotatable bonds is 4. The quantitative estimate of drug-likeness (QED) is 0.484. The van der Waals surface area contributed by atoms with E-state index in [2.05, 4.69) is 10.2 Å². The molecule has 2 heterocycles. The number of halogens is 2. The molecule has 1 aliphatic rings. The molecule has 28 heavy (non-hydrogen) atoms. The van der Waals surface area contributed by atoms with Crippen LogP contribution < -0.4 is 5.56 Å². The number of aromatic nitrogens is 4. The average molecular weight is 411 g/mol. The molecule has 0 atom stereocenters. The molecule has 7 heteroatoms. The van der Waals surface area contributed by atoms with Gasteiger partial charge in [0.25, 0.3) is 5.56 Å². The first-order valence-corrected chi connectivity index (χ1v) is 9.85. The monoisotopic (exact) mass is 410 g/mol. The van der Waals surface area contributed by atoms with Crippen LogP contribution in [-0.2, 0) is 6.54 Å². The molecule has 1 saturated carbocycles. The maximum atomic E-state index is 13.3. The average Bonchev–Trinajstić information content (AvgIpc) is 3.44. The fourth-order valence-electron chi connectivity index (χ4n) is 3.43. The van der Waals surface area contributed by atoms with Gasteiger partial charge in [-0.25, -0.2) is 9.36 Å². The van der Waals surface area contributed by atoms with Gasteiger partial charge in [-0.2, -0.15) is 10.2 Å². The first kappa shape index (κ1) is 17.5. The Morgan fingerprint density at radius 3 is 2.57 bits per heavy atom. The van der Waals surface area contributed by atoms with Gasteiger partial charge in [-0.1, -0.05) is 47.5 Å². The number of hydrogen-bond donors (Lipinski definition) is 0. The lowest BCUT2D eigenvalue weighted by molar-refractivity contribution is 0.626. The normalized spacial score (nSPS) is 13.9. The van der Waals surface area contributed by atoms with Crippen molar-refractivity contribution in [2.45, 2.75) is 25.3 Å². The Labute approximate surface area is 171 Å². The predicted molar refractivity (Wildman–Crippen MR) is 111 cm³/mol. The summed E-state index contributed by atoms with van der Waals surface area (Å²) in [7, 11) is 0. The Bertz CT molecular complexity index is 1240. The van der Waals surface area contributed by atoms with Crippen LogP contribution in [0.1, 0.15) is 30.0 Å². The Balaban J connectivity index is 1.71. The molecule has 0 bridgehead atoms. The minimum atomic E-state index is -0.188. The summed E-state index contributed by atoms with van der Waals surface area (Å²) >= 11 is 12.3. The SMILES string of the molecule is O=c1c2c(cnn2-c2ccccc2)c(C2CC2)nn1Cc1ccc(Cl)cc1Cl. The molecule has 0 spiro atoms. The molecule has 5 rings (SSSR count). The highest BCUT2D eigenvalue weighted by Gasteiger charge is 2.30. The van der Waals surface area contributed by atoms with Gasteiger partial charge in [0.1, 0.15) is 5.52 Å². The second-order valence-corrected chi connectivity index (χ2v) is 7.86. The van der Waals surface area contributed by atoms with Crippen molar-refractivity contribution in [3.63, 3.8) is 0 Å². The Hall–Kier alpha value is -2.63. The van der Waals surface area contributed by atoms with Crippen LogP contribution in [0.25, 0.3) is 16.6 Å². The van der Waals surface area contributed by atoms with Gasteiger partial charge in [0, 0.05) is 21.3 Å². The third kappa shape index (κ3) is 3.01. The molecule has 140 valence electrons. The second kappa shape index (κ2) is 6.76. The van der Waals surface area contributed by atoms with Crippen LogP contribution in [0.15, 0.2) is 59.5 Å². The number of fused-ring (bicyclic) bond motifs is 1. The highest BCUT2D eigenvalue weighted by molar-refractivity contribution is 6.35. The van der Waals surface area contributed by atoms with E-state index < -0.39 is 0 Å². The highest BCUT2D eigenvalue weighted by atomic mass is 35.5. The van der Waals surface area contributed by atoms with E-state index in [4.69, 9.17) is 23.2 Å². The third-order valence-corrected chi connectivity index (χ3v) is 5.60. The van der Waals surface area contributed by atoms with Crippen molar-refractivity contribution >= 4 is 34.1 Å². The third-order valence-electron chi connectivity index (χ3n) is 5.01. The van der Waals surface area contributed by atoms with Gasteiger partial charge >= 0.3 is 0 Å². The van der Waals surface area contributed by atoms with Crippen molar-refractivity contribution in [2.75, 3.05) is 0 Å². The van der Waals surface area contributed by atoms with E-state index in [0.29, 0.717) is 21.5 Å². The molecule has 2 aromatic carbocycles. The van der Waals surface area contributed by atoms with Crippen molar-refractivity contribution in [2.24, 2.45) is 0 Å². The largest absolute Gasteiger partial charge is 0.293 e. The van der Waals surface area contributed by atoms with Crippen LogP contribution in [0.3, 0.4) is 0 Å². The smallest absolute Gasteiger partial charge is 0.265 e. The Morgan fingerprint density at radius 1 is 1.07 bits per heavy atom.